The second-order valence-electron chi connectivity index (χ2n) is 7.30. The van der Waals surface area contributed by atoms with Crippen LogP contribution in [-0.4, -0.2) is 49.3 Å². The van der Waals surface area contributed by atoms with Gasteiger partial charge in [-0.05, 0) is 74.0 Å². The number of unbranched alkanes of at least 4 members (excludes halogenated alkanes) is 1. The van der Waals surface area contributed by atoms with E-state index in [0.717, 1.165) is 26.0 Å². The number of piperidine rings is 1. The molecule has 1 rings (SSSR count). The van der Waals surface area contributed by atoms with Gasteiger partial charge in [0.1, 0.15) is 0 Å². The van der Waals surface area contributed by atoms with Gasteiger partial charge in [-0.15, -0.1) is 0 Å². The number of nitrogens with one attached hydrogen (secondary N) is 1. The van der Waals surface area contributed by atoms with Crippen molar-refractivity contribution in [3.63, 3.8) is 0 Å². The summed E-state index contributed by atoms with van der Waals surface area (Å²) in [6.07, 6.45) is 5.04. The number of nitrogens with zero attached hydrogens (tertiary/aromatic N) is 1. The Hall–Kier alpha value is -0.120. The molecule has 0 saturated carbocycles. The molecular weight excluding hydrogens is 224 g/mol. The summed E-state index contributed by atoms with van der Waals surface area (Å²) in [6.45, 7) is 11.2. The maximum absolute atomic E-state index is 6.08. The van der Waals surface area contributed by atoms with Crippen molar-refractivity contribution in [3.05, 3.63) is 0 Å². The fraction of sp³-hybridized carbons (Fsp3) is 1.00. The first-order valence-corrected chi connectivity index (χ1v) is 7.26. The fourth-order valence-electron chi connectivity index (χ4n) is 3.13. The van der Waals surface area contributed by atoms with Crippen LogP contribution in [0.15, 0.2) is 0 Å². The van der Waals surface area contributed by atoms with Gasteiger partial charge in [-0.2, -0.15) is 0 Å². The SMILES string of the molecule is CN(C)CCCCOC1CC(C)(C)NC(C)(C)C1. The predicted molar refractivity (Wildman–Crippen MR) is 78.1 cm³/mol. The maximum atomic E-state index is 6.08. The first-order chi connectivity index (χ1) is 8.20. The van der Waals surface area contributed by atoms with E-state index in [1.165, 1.54) is 12.8 Å². The summed E-state index contributed by atoms with van der Waals surface area (Å²) >= 11 is 0. The van der Waals surface area contributed by atoms with Gasteiger partial charge in [0.25, 0.3) is 0 Å². The Labute approximate surface area is 113 Å². The lowest BCUT2D eigenvalue weighted by molar-refractivity contribution is -0.0230. The Morgan fingerprint density at radius 3 is 2.11 bits per heavy atom. The summed E-state index contributed by atoms with van der Waals surface area (Å²) < 4.78 is 6.08. The third-order valence-corrected chi connectivity index (χ3v) is 3.51. The Bertz CT molecular complexity index is 233. The zero-order valence-corrected chi connectivity index (χ0v) is 13.2. The van der Waals surface area contributed by atoms with Gasteiger partial charge < -0.3 is 15.0 Å². The van der Waals surface area contributed by atoms with Crippen LogP contribution < -0.4 is 5.32 Å². The minimum atomic E-state index is 0.191. The van der Waals surface area contributed by atoms with E-state index in [4.69, 9.17) is 4.74 Å². The predicted octanol–water partition coefficient (Wildman–Crippen LogP) is 2.65. The van der Waals surface area contributed by atoms with Gasteiger partial charge in [0.05, 0.1) is 6.10 Å². The normalized spacial score (nSPS) is 23.5. The van der Waals surface area contributed by atoms with Gasteiger partial charge >= 0.3 is 0 Å². The Morgan fingerprint density at radius 2 is 1.61 bits per heavy atom. The molecule has 0 atom stereocenters. The first-order valence-electron chi connectivity index (χ1n) is 7.26. The fourth-order valence-corrected chi connectivity index (χ4v) is 3.13. The zero-order valence-electron chi connectivity index (χ0n) is 13.2. The molecule has 1 saturated heterocycles. The summed E-state index contributed by atoms with van der Waals surface area (Å²) in [5, 5.41) is 3.69. The van der Waals surface area contributed by atoms with Gasteiger partial charge in [-0.1, -0.05) is 0 Å². The van der Waals surface area contributed by atoms with E-state index in [2.05, 4.69) is 52.0 Å². The highest BCUT2D eigenvalue weighted by Crippen LogP contribution is 2.30. The van der Waals surface area contributed by atoms with Gasteiger partial charge in [-0.3, -0.25) is 0 Å². The molecule has 0 aromatic carbocycles. The monoisotopic (exact) mass is 256 g/mol. The van der Waals surface area contributed by atoms with Crippen molar-refractivity contribution in [2.45, 2.75) is 70.6 Å². The molecule has 1 aliphatic heterocycles. The number of rotatable bonds is 6. The largest absolute Gasteiger partial charge is 0.378 e. The molecular formula is C15H32N2O. The molecule has 0 spiro atoms. The van der Waals surface area contributed by atoms with E-state index >= 15 is 0 Å². The molecule has 0 radical (unpaired) electrons. The van der Waals surface area contributed by atoms with Gasteiger partial charge in [0, 0.05) is 17.7 Å². The molecule has 1 aliphatic rings. The van der Waals surface area contributed by atoms with Crippen LogP contribution in [-0.2, 0) is 4.74 Å². The van der Waals surface area contributed by atoms with Crippen LogP contribution in [0.1, 0.15) is 53.4 Å². The van der Waals surface area contributed by atoms with E-state index in [1.54, 1.807) is 0 Å². The van der Waals surface area contributed by atoms with Crippen molar-refractivity contribution in [2.75, 3.05) is 27.2 Å². The summed E-state index contributed by atoms with van der Waals surface area (Å²) in [7, 11) is 4.25. The Kier molecular flexibility index (Phi) is 5.63. The average molecular weight is 256 g/mol. The molecule has 18 heavy (non-hydrogen) atoms. The van der Waals surface area contributed by atoms with E-state index in [1.807, 2.05) is 0 Å². The van der Waals surface area contributed by atoms with Crippen molar-refractivity contribution in [1.82, 2.24) is 10.2 Å². The third-order valence-electron chi connectivity index (χ3n) is 3.51. The summed E-state index contributed by atoms with van der Waals surface area (Å²) in [4.78, 5) is 2.23. The van der Waals surface area contributed by atoms with Crippen molar-refractivity contribution in [1.29, 1.82) is 0 Å². The third kappa shape index (κ3) is 6.17. The van der Waals surface area contributed by atoms with Crippen molar-refractivity contribution >= 4 is 0 Å². The average Bonchev–Trinajstić information content (AvgIpc) is 2.11. The summed E-state index contributed by atoms with van der Waals surface area (Å²) in [6, 6.07) is 0. The highest BCUT2D eigenvalue weighted by molar-refractivity contribution is 4.97. The molecule has 0 unspecified atom stereocenters. The topological polar surface area (TPSA) is 24.5 Å². The summed E-state index contributed by atoms with van der Waals surface area (Å²) in [5.74, 6) is 0. The highest BCUT2D eigenvalue weighted by Gasteiger charge is 2.37. The molecule has 1 N–H and O–H groups in total. The number of ether oxygens (including phenoxy) is 1. The molecule has 108 valence electrons. The smallest absolute Gasteiger partial charge is 0.0609 e. The standard InChI is InChI=1S/C15H32N2O/c1-14(2)11-13(12-15(3,4)16-14)18-10-8-7-9-17(5)6/h13,16H,7-12H2,1-6H3. The van der Waals surface area contributed by atoms with Crippen LogP contribution in [0, 0.1) is 0 Å². The quantitative estimate of drug-likeness (QED) is 0.740. The lowest BCUT2D eigenvalue weighted by Gasteiger charge is -2.46. The lowest BCUT2D eigenvalue weighted by Crippen LogP contribution is -2.59. The molecule has 0 aliphatic carbocycles. The Balaban J connectivity index is 2.25. The van der Waals surface area contributed by atoms with Crippen molar-refractivity contribution in [3.8, 4) is 0 Å². The molecule has 3 nitrogen and oxygen atoms in total. The molecule has 0 aromatic heterocycles. The second kappa shape index (κ2) is 6.36. The minimum absolute atomic E-state index is 0.191. The van der Waals surface area contributed by atoms with Crippen LogP contribution in [0.2, 0.25) is 0 Å². The van der Waals surface area contributed by atoms with Crippen molar-refractivity contribution < 1.29 is 4.74 Å². The molecule has 1 fully saturated rings. The van der Waals surface area contributed by atoms with Crippen LogP contribution in [0.4, 0.5) is 0 Å². The first kappa shape index (κ1) is 15.9. The minimum Gasteiger partial charge on any atom is -0.378 e. The number of hydrogen-bond donors (Lipinski definition) is 1. The zero-order chi connectivity index (χ0) is 13.8. The van der Waals surface area contributed by atoms with E-state index in [-0.39, 0.29) is 11.1 Å². The lowest BCUT2D eigenvalue weighted by atomic mass is 9.81. The molecule has 3 heteroatoms. The van der Waals surface area contributed by atoms with Gasteiger partial charge in [0.15, 0.2) is 0 Å². The molecule has 0 bridgehead atoms. The van der Waals surface area contributed by atoms with Gasteiger partial charge in [0.2, 0.25) is 0 Å². The Morgan fingerprint density at radius 1 is 1.06 bits per heavy atom. The maximum Gasteiger partial charge on any atom is 0.0609 e. The summed E-state index contributed by atoms with van der Waals surface area (Å²) in [5.41, 5.74) is 0.381. The molecule has 0 amide bonds. The second-order valence-corrected chi connectivity index (χ2v) is 7.30. The van der Waals surface area contributed by atoms with Crippen molar-refractivity contribution in [2.24, 2.45) is 0 Å². The van der Waals surface area contributed by atoms with E-state index in [0.29, 0.717) is 6.10 Å². The van der Waals surface area contributed by atoms with Crippen LogP contribution >= 0.6 is 0 Å². The number of hydrogen-bond acceptors (Lipinski definition) is 3. The van der Waals surface area contributed by atoms with E-state index < -0.39 is 0 Å². The molecule has 0 aromatic rings. The van der Waals surface area contributed by atoms with Crippen LogP contribution in [0.25, 0.3) is 0 Å². The van der Waals surface area contributed by atoms with Crippen LogP contribution in [0.3, 0.4) is 0 Å². The van der Waals surface area contributed by atoms with Crippen LogP contribution in [0.5, 0.6) is 0 Å². The van der Waals surface area contributed by atoms with Gasteiger partial charge in [-0.25, -0.2) is 0 Å². The molecule has 1 heterocycles. The highest BCUT2D eigenvalue weighted by atomic mass is 16.5. The van der Waals surface area contributed by atoms with E-state index in [9.17, 15) is 0 Å².